The molecule has 2 rings (SSSR count). The molecule has 0 saturated heterocycles. The summed E-state index contributed by atoms with van der Waals surface area (Å²) < 4.78 is 14.7. The number of halogens is 1. The molecule has 5 heteroatoms. The van der Waals surface area contributed by atoms with Crippen LogP contribution in [0.1, 0.15) is 12.5 Å². The lowest BCUT2D eigenvalue weighted by Crippen LogP contribution is -2.17. The topological polar surface area (TPSA) is 54.3 Å². The smallest absolute Gasteiger partial charge is 0.250 e. The van der Waals surface area contributed by atoms with Crippen LogP contribution in [0.4, 0.5) is 10.1 Å². The SMILES string of the molecule is CCn1cc(NCc2cccc(F)c2O)ccc1=O. The van der Waals surface area contributed by atoms with E-state index in [1.807, 2.05) is 6.92 Å². The molecule has 1 heterocycles. The van der Waals surface area contributed by atoms with E-state index in [4.69, 9.17) is 0 Å². The molecule has 0 radical (unpaired) electrons. The fraction of sp³-hybridized carbons (Fsp3) is 0.214. The molecule has 0 aliphatic carbocycles. The van der Waals surface area contributed by atoms with Crippen LogP contribution in [0.3, 0.4) is 0 Å². The third-order valence-corrected chi connectivity index (χ3v) is 2.88. The average Bonchev–Trinajstić information content (AvgIpc) is 2.42. The van der Waals surface area contributed by atoms with Crippen molar-refractivity contribution >= 4 is 5.69 Å². The number of aryl methyl sites for hydroxylation is 1. The minimum Gasteiger partial charge on any atom is -0.505 e. The van der Waals surface area contributed by atoms with E-state index in [2.05, 4.69) is 5.32 Å². The Bertz CT molecular complexity index is 638. The number of hydrogen-bond acceptors (Lipinski definition) is 3. The molecule has 0 bridgehead atoms. The monoisotopic (exact) mass is 262 g/mol. The van der Waals surface area contributed by atoms with Gasteiger partial charge in [0.25, 0.3) is 5.56 Å². The largest absolute Gasteiger partial charge is 0.505 e. The number of benzene rings is 1. The van der Waals surface area contributed by atoms with E-state index in [-0.39, 0.29) is 17.9 Å². The fourth-order valence-corrected chi connectivity index (χ4v) is 1.78. The molecule has 1 aromatic carbocycles. The maximum absolute atomic E-state index is 13.2. The Kier molecular flexibility index (Phi) is 3.85. The number of nitrogens with zero attached hydrogens (tertiary/aromatic N) is 1. The lowest BCUT2D eigenvalue weighted by Gasteiger charge is -2.10. The summed E-state index contributed by atoms with van der Waals surface area (Å²) in [5.74, 6) is -0.989. The number of para-hydroxylation sites is 1. The van der Waals surface area contributed by atoms with Crippen LogP contribution in [0.15, 0.2) is 41.3 Å². The van der Waals surface area contributed by atoms with Gasteiger partial charge >= 0.3 is 0 Å². The molecule has 0 unspecified atom stereocenters. The third-order valence-electron chi connectivity index (χ3n) is 2.88. The first-order valence-corrected chi connectivity index (χ1v) is 6.02. The lowest BCUT2D eigenvalue weighted by molar-refractivity contribution is 0.427. The van der Waals surface area contributed by atoms with Crippen LogP contribution in [0.2, 0.25) is 0 Å². The van der Waals surface area contributed by atoms with Crippen molar-refractivity contribution in [1.82, 2.24) is 4.57 Å². The summed E-state index contributed by atoms with van der Waals surface area (Å²) in [6.07, 6.45) is 1.69. The Hall–Kier alpha value is -2.30. The minimum atomic E-state index is -0.641. The van der Waals surface area contributed by atoms with Crippen molar-refractivity contribution < 1.29 is 9.50 Å². The minimum absolute atomic E-state index is 0.0679. The van der Waals surface area contributed by atoms with Gasteiger partial charge in [-0.05, 0) is 19.1 Å². The predicted molar refractivity (Wildman–Crippen MR) is 71.8 cm³/mol. The summed E-state index contributed by atoms with van der Waals surface area (Å²) in [6, 6.07) is 7.51. The number of phenolic OH excluding ortho intramolecular Hbond substituents is 1. The highest BCUT2D eigenvalue weighted by molar-refractivity contribution is 5.43. The summed E-state index contributed by atoms with van der Waals surface area (Å²) in [6.45, 7) is 2.74. The zero-order chi connectivity index (χ0) is 13.8. The standard InChI is InChI=1S/C14H15FN2O2/c1-2-17-9-11(6-7-13(17)18)16-8-10-4-3-5-12(15)14(10)19/h3-7,9,16,19H,2,8H2,1H3. The molecule has 100 valence electrons. The Labute approximate surface area is 110 Å². The molecule has 0 amide bonds. The molecule has 1 aromatic heterocycles. The van der Waals surface area contributed by atoms with Crippen LogP contribution in [-0.4, -0.2) is 9.67 Å². The van der Waals surface area contributed by atoms with Gasteiger partial charge in [-0.25, -0.2) is 4.39 Å². The van der Waals surface area contributed by atoms with Crippen LogP contribution in [0, 0.1) is 5.82 Å². The summed E-state index contributed by atoms with van der Waals surface area (Å²) in [4.78, 5) is 11.4. The lowest BCUT2D eigenvalue weighted by atomic mass is 10.2. The summed E-state index contributed by atoms with van der Waals surface area (Å²) in [7, 11) is 0. The van der Waals surface area contributed by atoms with E-state index in [0.717, 1.165) is 5.69 Å². The van der Waals surface area contributed by atoms with Gasteiger partial charge < -0.3 is 15.0 Å². The van der Waals surface area contributed by atoms with Crippen LogP contribution in [0.25, 0.3) is 0 Å². The highest BCUT2D eigenvalue weighted by Crippen LogP contribution is 2.21. The Morgan fingerprint density at radius 2 is 2.11 bits per heavy atom. The van der Waals surface area contributed by atoms with Crippen LogP contribution in [0.5, 0.6) is 5.75 Å². The molecule has 0 aliphatic rings. The third kappa shape index (κ3) is 2.93. The molecule has 4 nitrogen and oxygen atoms in total. The second kappa shape index (κ2) is 5.56. The molecule has 2 N–H and O–H groups in total. The van der Waals surface area contributed by atoms with Gasteiger partial charge in [0, 0.05) is 30.9 Å². The van der Waals surface area contributed by atoms with E-state index in [1.165, 1.54) is 12.1 Å². The van der Waals surface area contributed by atoms with Gasteiger partial charge in [0.2, 0.25) is 0 Å². The van der Waals surface area contributed by atoms with E-state index in [1.54, 1.807) is 29.0 Å². The molecular weight excluding hydrogens is 247 g/mol. The van der Waals surface area contributed by atoms with E-state index in [9.17, 15) is 14.3 Å². The van der Waals surface area contributed by atoms with Gasteiger partial charge in [-0.3, -0.25) is 4.79 Å². The number of phenols is 1. The van der Waals surface area contributed by atoms with Gasteiger partial charge in [0.05, 0.1) is 5.69 Å². The zero-order valence-corrected chi connectivity index (χ0v) is 10.6. The number of pyridine rings is 1. The average molecular weight is 262 g/mol. The summed E-state index contributed by atoms with van der Waals surface area (Å²) in [5, 5.41) is 12.6. The van der Waals surface area contributed by atoms with Gasteiger partial charge in [-0.1, -0.05) is 12.1 Å². The van der Waals surface area contributed by atoms with E-state index in [0.29, 0.717) is 12.1 Å². The van der Waals surface area contributed by atoms with Gasteiger partial charge in [0.15, 0.2) is 11.6 Å². The summed E-state index contributed by atoms with van der Waals surface area (Å²) >= 11 is 0. The van der Waals surface area contributed by atoms with Gasteiger partial charge in [-0.2, -0.15) is 0 Å². The number of hydrogen-bond donors (Lipinski definition) is 2. The normalized spacial score (nSPS) is 10.4. The zero-order valence-electron chi connectivity index (χ0n) is 10.6. The van der Waals surface area contributed by atoms with Crippen LogP contribution < -0.4 is 10.9 Å². The Balaban J connectivity index is 2.14. The molecule has 0 fully saturated rings. The van der Waals surface area contributed by atoms with Crippen molar-refractivity contribution in [3.63, 3.8) is 0 Å². The predicted octanol–water partition coefficient (Wildman–Crippen LogP) is 2.33. The molecule has 0 atom stereocenters. The van der Waals surface area contributed by atoms with Crippen molar-refractivity contribution in [3.8, 4) is 5.75 Å². The highest BCUT2D eigenvalue weighted by Gasteiger charge is 2.06. The second-order valence-corrected chi connectivity index (χ2v) is 4.14. The number of aromatic nitrogens is 1. The molecule has 0 aliphatic heterocycles. The number of rotatable bonds is 4. The van der Waals surface area contributed by atoms with Crippen molar-refractivity contribution in [2.45, 2.75) is 20.0 Å². The van der Waals surface area contributed by atoms with Crippen molar-refractivity contribution in [2.75, 3.05) is 5.32 Å². The highest BCUT2D eigenvalue weighted by atomic mass is 19.1. The Morgan fingerprint density at radius 1 is 1.32 bits per heavy atom. The number of aromatic hydroxyl groups is 1. The van der Waals surface area contributed by atoms with Gasteiger partial charge in [-0.15, -0.1) is 0 Å². The van der Waals surface area contributed by atoms with E-state index >= 15 is 0 Å². The quantitative estimate of drug-likeness (QED) is 0.889. The summed E-state index contributed by atoms with van der Waals surface area (Å²) in [5.41, 5.74) is 1.14. The van der Waals surface area contributed by atoms with Crippen LogP contribution >= 0.6 is 0 Å². The van der Waals surface area contributed by atoms with Crippen molar-refractivity contribution in [2.24, 2.45) is 0 Å². The molecule has 0 spiro atoms. The molecule has 0 saturated carbocycles. The van der Waals surface area contributed by atoms with E-state index < -0.39 is 5.82 Å². The van der Waals surface area contributed by atoms with Gasteiger partial charge in [0.1, 0.15) is 0 Å². The molecular formula is C14H15FN2O2. The second-order valence-electron chi connectivity index (χ2n) is 4.14. The maximum Gasteiger partial charge on any atom is 0.250 e. The first kappa shape index (κ1) is 13.1. The molecule has 2 aromatic rings. The van der Waals surface area contributed by atoms with Crippen molar-refractivity contribution in [3.05, 3.63) is 58.3 Å². The maximum atomic E-state index is 13.2. The van der Waals surface area contributed by atoms with Crippen molar-refractivity contribution in [1.29, 1.82) is 0 Å². The fourth-order valence-electron chi connectivity index (χ4n) is 1.78. The first-order valence-electron chi connectivity index (χ1n) is 6.02. The molecule has 19 heavy (non-hydrogen) atoms. The number of nitrogens with one attached hydrogen (secondary N) is 1. The first-order chi connectivity index (χ1) is 9.11. The van der Waals surface area contributed by atoms with Crippen LogP contribution in [-0.2, 0) is 13.1 Å². The number of anilines is 1. The Morgan fingerprint density at radius 3 is 2.84 bits per heavy atom.